The molecule has 136 valence electrons. The van der Waals surface area contributed by atoms with Crippen molar-refractivity contribution in [1.82, 2.24) is 0 Å². The van der Waals surface area contributed by atoms with Crippen LogP contribution in [-0.2, 0) is 14.3 Å². The maximum Gasteiger partial charge on any atom is 0.310 e. The summed E-state index contributed by atoms with van der Waals surface area (Å²) in [6.07, 6.45) is 3.90. The second-order valence-electron chi connectivity index (χ2n) is 6.91. The molecule has 2 aromatic rings. The lowest BCUT2D eigenvalue weighted by Gasteiger charge is -2.21. The van der Waals surface area contributed by atoms with Crippen LogP contribution in [0.4, 0.5) is 0 Å². The summed E-state index contributed by atoms with van der Waals surface area (Å²) in [6, 6.07) is 19.9. The third kappa shape index (κ3) is 2.78. The van der Waals surface area contributed by atoms with Gasteiger partial charge < -0.3 is 9.84 Å². The first-order valence-corrected chi connectivity index (χ1v) is 8.97. The summed E-state index contributed by atoms with van der Waals surface area (Å²) in [7, 11) is 1.32. The fraction of sp³-hybridized carbons (Fsp3) is 0.217. The Morgan fingerprint density at radius 3 is 1.74 bits per heavy atom. The van der Waals surface area contributed by atoms with E-state index in [2.05, 4.69) is 0 Å². The van der Waals surface area contributed by atoms with Crippen molar-refractivity contribution in [3.05, 3.63) is 89.5 Å². The average Bonchev–Trinajstić information content (AvgIpc) is 3.25. The minimum absolute atomic E-state index is 0.265. The van der Waals surface area contributed by atoms with Gasteiger partial charge in [0.25, 0.3) is 0 Å². The minimum atomic E-state index is -0.958. The van der Waals surface area contributed by atoms with Gasteiger partial charge in [0.2, 0.25) is 0 Å². The number of methoxy groups -OCH3 is 1. The normalized spacial score (nSPS) is 25.4. The van der Waals surface area contributed by atoms with Crippen molar-refractivity contribution >= 4 is 17.5 Å². The number of fused-ring (bicyclic) bond motifs is 2. The number of hydrogen-bond donors (Lipinski definition) is 1. The van der Waals surface area contributed by atoms with E-state index in [4.69, 9.17) is 4.74 Å². The van der Waals surface area contributed by atoms with E-state index in [-0.39, 0.29) is 11.8 Å². The Balaban J connectivity index is 1.96. The topological polar surface area (TPSA) is 63.6 Å². The first-order valence-electron chi connectivity index (χ1n) is 8.97. The van der Waals surface area contributed by atoms with Crippen LogP contribution in [0.25, 0.3) is 5.57 Å². The van der Waals surface area contributed by atoms with Crippen LogP contribution in [-0.4, -0.2) is 24.2 Å². The summed E-state index contributed by atoms with van der Waals surface area (Å²) in [6.45, 7) is 0. The van der Waals surface area contributed by atoms with E-state index in [9.17, 15) is 14.7 Å². The third-order valence-corrected chi connectivity index (χ3v) is 5.58. The summed E-state index contributed by atoms with van der Waals surface area (Å²) in [5, 5.41) is 9.83. The fourth-order valence-corrected chi connectivity index (χ4v) is 4.52. The Kier molecular flexibility index (Phi) is 4.40. The van der Waals surface area contributed by atoms with Crippen LogP contribution in [0.5, 0.6) is 0 Å². The molecule has 0 spiro atoms. The fourth-order valence-electron chi connectivity index (χ4n) is 4.52. The molecule has 2 aliphatic rings. The zero-order valence-electron chi connectivity index (χ0n) is 14.9. The molecule has 0 heterocycles. The van der Waals surface area contributed by atoms with Crippen LogP contribution in [0, 0.1) is 23.7 Å². The predicted molar refractivity (Wildman–Crippen MR) is 102 cm³/mol. The Labute approximate surface area is 157 Å². The van der Waals surface area contributed by atoms with Crippen molar-refractivity contribution in [1.29, 1.82) is 0 Å². The maximum atomic E-state index is 12.4. The van der Waals surface area contributed by atoms with Crippen molar-refractivity contribution in [2.75, 3.05) is 7.11 Å². The maximum absolute atomic E-state index is 12.4. The number of benzene rings is 2. The number of hydrogen-bond acceptors (Lipinski definition) is 3. The van der Waals surface area contributed by atoms with E-state index < -0.39 is 23.8 Å². The molecule has 4 atom stereocenters. The smallest absolute Gasteiger partial charge is 0.310 e. The highest BCUT2D eigenvalue weighted by atomic mass is 16.5. The van der Waals surface area contributed by atoms with Crippen LogP contribution >= 0.6 is 0 Å². The Hall–Kier alpha value is -3.14. The number of carboxylic acid groups (broad SMARTS) is 1. The van der Waals surface area contributed by atoms with Gasteiger partial charge in [-0.15, -0.1) is 0 Å². The van der Waals surface area contributed by atoms with E-state index >= 15 is 0 Å². The Morgan fingerprint density at radius 2 is 1.30 bits per heavy atom. The van der Waals surface area contributed by atoms with Gasteiger partial charge in [0.15, 0.2) is 0 Å². The van der Waals surface area contributed by atoms with Crippen molar-refractivity contribution in [2.45, 2.75) is 0 Å². The molecule has 27 heavy (non-hydrogen) atoms. The van der Waals surface area contributed by atoms with Gasteiger partial charge in [0.05, 0.1) is 18.9 Å². The van der Waals surface area contributed by atoms with E-state index in [0.29, 0.717) is 0 Å². The molecule has 4 heteroatoms. The lowest BCUT2D eigenvalue weighted by Crippen LogP contribution is -2.33. The quantitative estimate of drug-likeness (QED) is 0.665. The predicted octanol–water partition coefficient (Wildman–Crippen LogP) is 3.79. The zero-order chi connectivity index (χ0) is 19.0. The number of carboxylic acids is 1. The molecule has 2 bridgehead atoms. The standard InChI is InChI=1S/C23H20O4/c1-27-23(26)21-17-13-12-16(20(21)22(24)25)19(17)18(14-8-4-2-5-9-14)15-10-6-3-7-11-15/h2-13,16-17,20-21H,1H3,(H,24,25)/t16-,17+,20+,21-/m1/s1. The molecule has 1 fully saturated rings. The van der Waals surface area contributed by atoms with Crippen LogP contribution < -0.4 is 0 Å². The van der Waals surface area contributed by atoms with Gasteiger partial charge in [-0.3, -0.25) is 9.59 Å². The summed E-state index contributed by atoms with van der Waals surface area (Å²) in [5.74, 6) is -3.49. The highest BCUT2D eigenvalue weighted by molar-refractivity contribution is 5.90. The van der Waals surface area contributed by atoms with Gasteiger partial charge in [-0.1, -0.05) is 72.8 Å². The summed E-state index contributed by atoms with van der Waals surface area (Å²) in [5.41, 5.74) is 4.04. The molecule has 0 aliphatic heterocycles. The Bertz CT molecular complexity index is 886. The van der Waals surface area contributed by atoms with E-state index in [1.807, 2.05) is 72.8 Å². The summed E-state index contributed by atoms with van der Waals surface area (Å²) < 4.78 is 4.95. The zero-order valence-corrected chi connectivity index (χ0v) is 14.9. The van der Waals surface area contributed by atoms with Crippen LogP contribution in [0.2, 0.25) is 0 Å². The molecule has 1 N–H and O–H groups in total. The molecular weight excluding hydrogens is 340 g/mol. The van der Waals surface area contributed by atoms with Gasteiger partial charge in [0, 0.05) is 11.8 Å². The SMILES string of the molecule is COC(=O)[C@H]1[C@@H](C(=O)O)[C@@H]2C=C[C@H]1C2=C(c1ccccc1)c1ccccc1. The minimum Gasteiger partial charge on any atom is -0.481 e. The molecule has 2 aliphatic carbocycles. The molecule has 0 amide bonds. The molecule has 2 aromatic carbocycles. The second-order valence-corrected chi connectivity index (χ2v) is 6.91. The third-order valence-electron chi connectivity index (χ3n) is 5.58. The van der Waals surface area contributed by atoms with Gasteiger partial charge >= 0.3 is 11.9 Å². The monoisotopic (exact) mass is 360 g/mol. The molecule has 0 saturated heterocycles. The van der Waals surface area contributed by atoms with Crippen LogP contribution in [0.1, 0.15) is 11.1 Å². The number of ether oxygens (including phenoxy) is 1. The number of esters is 1. The lowest BCUT2D eigenvalue weighted by molar-refractivity contribution is -0.156. The number of rotatable bonds is 4. The average molecular weight is 360 g/mol. The molecule has 4 nitrogen and oxygen atoms in total. The number of aliphatic carboxylic acids is 1. The van der Waals surface area contributed by atoms with E-state index in [1.165, 1.54) is 7.11 Å². The molecule has 4 rings (SSSR count). The first-order chi connectivity index (χ1) is 13.1. The van der Waals surface area contributed by atoms with E-state index in [1.54, 1.807) is 0 Å². The highest BCUT2D eigenvalue weighted by Gasteiger charge is 2.56. The first kappa shape index (κ1) is 17.3. The van der Waals surface area contributed by atoms with Crippen molar-refractivity contribution in [3.8, 4) is 0 Å². The van der Waals surface area contributed by atoms with E-state index in [0.717, 1.165) is 22.3 Å². The number of carbonyl (C=O) groups is 2. The molecule has 0 unspecified atom stereocenters. The lowest BCUT2D eigenvalue weighted by atomic mass is 9.83. The number of allylic oxidation sites excluding steroid dienone is 3. The van der Waals surface area contributed by atoms with Crippen molar-refractivity contribution in [2.24, 2.45) is 23.7 Å². The summed E-state index contributed by atoms with van der Waals surface area (Å²) in [4.78, 5) is 24.4. The molecule has 0 aromatic heterocycles. The largest absolute Gasteiger partial charge is 0.481 e. The van der Waals surface area contributed by atoms with Crippen LogP contribution in [0.15, 0.2) is 78.4 Å². The van der Waals surface area contributed by atoms with Gasteiger partial charge in [0.1, 0.15) is 0 Å². The summed E-state index contributed by atoms with van der Waals surface area (Å²) >= 11 is 0. The van der Waals surface area contributed by atoms with Gasteiger partial charge in [-0.25, -0.2) is 0 Å². The van der Waals surface area contributed by atoms with Crippen molar-refractivity contribution in [3.63, 3.8) is 0 Å². The van der Waals surface area contributed by atoms with Crippen molar-refractivity contribution < 1.29 is 19.4 Å². The number of carbonyl (C=O) groups excluding carboxylic acids is 1. The highest BCUT2D eigenvalue weighted by Crippen LogP contribution is 2.55. The van der Waals surface area contributed by atoms with Gasteiger partial charge in [-0.05, 0) is 22.3 Å². The molecular formula is C23H20O4. The molecule has 1 saturated carbocycles. The Morgan fingerprint density at radius 1 is 0.815 bits per heavy atom. The molecule has 0 radical (unpaired) electrons. The van der Waals surface area contributed by atoms with Gasteiger partial charge in [-0.2, -0.15) is 0 Å². The second kappa shape index (κ2) is 6.88. The van der Waals surface area contributed by atoms with Crippen LogP contribution in [0.3, 0.4) is 0 Å².